The van der Waals surface area contributed by atoms with Gasteiger partial charge in [-0.1, -0.05) is 60.7 Å². The number of ether oxygens (including phenoxy) is 8. The lowest BCUT2D eigenvalue weighted by atomic mass is 10.2. The minimum Gasteiger partial charge on any atom is -0.491 e. The zero-order valence-corrected chi connectivity index (χ0v) is 26.0. The van der Waals surface area contributed by atoms with Crippen molar-refractivity contribution in [2.24, 2.45) is 0 Å². The van der Waals surface area contributed by atoms with Crippen molar-refractivity contribution >= 4 is 11.9 Å². The van der Waals surface area contributed by atoms with Gasteiger partial charge in [0, 0.05) is 12.1 Å². The molecule has 0 atom stereocenters. The number of esters is 2. The number of carbonyl (C=O) groups excluding carboxylic acids is 2. The van der Waals surface area contributed by atoms with E-state index in [-0.39, 0.29) is 13.2 Å². The van der Waals surface area contributed by atoms with E-state index < -0.39 is 11.9 Å². The molecule has 4 aromatic carbocycles. The van der Waals surface area contributed by atoms with Crippen molar-refractivity contribution in [2.45, 2.75) is 13.2 Å². The van der Waals surface area contributed by atoms with Crippen LogP contribution in [0.25, 0.3) is 0 Å². The van der Waals surface area contributed by atoms with Crippen LogP contribution in [-0.2, 0) is 32.2 Å². The van der Waals surface area contributed by atoms with Gasteiger partial charge in [-0.15, -0.1) is 0 Å². The first kappa shape index (κ1) is 33.8. The smallest absolute Gasteiger partial charge is 0.338 e. The third-order valence-corrected chi connectivity index (χ3v) is 6.46. The molecule has 0 heterocycles. The first-order chi connectivity index (χ1) is 22.5. The molecule has 0 unspecified atom stereocenters. The molecule has 0 N–H and O–H groups in total. The lowest BCUT2D eigenvalue weighted by Crippen LogP contribution is -2.14. The van der Waals surface area contributed by atoms with E-state index >= 15 is 0 Å². The van der Waals surface area contributed by atoms with Crippen LogP contribution < -0.4 is 18.9 Å². The second kappa shape index (κ2) is 18.7. The van der Waals surface area contributed by atoms with Crippen LogP contribution in [0.1, 0.15) is 31.8 Å². The quantitative estimate of drug-likeness (QED) is 0.0917. The molecule has 0 spiro atoms. The van der Waals surface area contributed by atoms with Gasteiger partial charge in [0.1, 0.15) is 49.4 Å². The van der Waals surface area contributed by atoms with E-state index in [0.717, 1.165) is 11.1 Å². The maximum absolute atomic E-state index is 12.1. The molecule has 0 bridgehead atoms. The standard InChI is InChI=1S/C36H38O10/c1-39-35(37)29-19-31(23-33(21-29)45-25-27-9-5-3-6-10-27)43-17-15-41-13-14-42-16-18-44-32-20-30(36(38)40-2)22-34(24-32)46-26-28-11-7-4-8-12-28/h3-12,19-24H,13-18,25-26H2,1-2H3. The van der Waals surface area contributed by atoms with Crippen LogP contribution in [0.4, 0.5) is 0 Å². The van der Waals surface area contributed by atoms with Crippen LogP contribution in [0.2, 0.25) is 0 Å². The minimum atomic E-state index is -0.486. The molecular formula is C36H38O10. The summed E-state index contributed by atoms with van der Waals surface area (Å²) in [5, 5.41) is 0. The summed E-state index contributed by atoms with van der Waals surface area (Å²) >= 11 is 0. The molecule has 0 fully saturated rings. The number of rotatable bonds is 19. The fraction of sp³-hybridized carbons (Fsp3) is 0.278. The molecule has 0 amide bonds. The monoisotopic (exact) mass is 630 g/mol. The summed E-state index contributed by atoms with van der Waals surface area (Å²) in [6.45, 7) is 2.56. The molecule has 0 aliphatic carbocycles. The van der Waals surface area contributed by atoms with E-state index in [2.05, 4.69) is 0 Å². The SMILES string of the molecule is COC(=O)c1cc(OCCOCCOCCOc2cc(OCc3ccccc3)cc(C(=O)OC)c2)cc(OCc2ccccc2)c1. The van der Waals surface area contributed by atoms with Gasteiger partial charge in [0.15, 0.2) is 0 Å². The Morgan fingerprint density at radius 3 is 1.17 bits per heavy atom. The highest BCUT2D eigenvalue weighted by atomic mass is 16.6. The van der Waals surface area contributed by atoms with Gasteiger partial charge in [-0.3, -0.25) is 0 Å². The van der Waals surface area contributed by atoms with Crippen molar-refractivity contribution in [1.82, 2.24) is 0 Å². The highest BCUT2D eigenvalue weighted by Gasteiger charge is 2.12. The Bertz CT molecular complexity index is 1390. The van der Waals surface area contributed by atoms with E-state index in [1.807, 2.05) is 60.7 Å². The third-order valence-electron chi connectivity index (χ3n) is 6.46. The number of carbonyl (C=O) groups is 2. The molecule has 4 rings (SSSR count). The molecule has 0 aromatic heterocycles. The van der Waals surface area contributed by atoms with Crippen LogP contribution in [0.15, 0.2) is 97.1 Å². The van der Waals surface area contributed by atoms with Crippen molar-refractivity contribution in [2.75, 3.05) is 53.9 Å². The lowest BCUT2D eigenvalue weighted by Gasteiger charge is -2.13. The molecule has 10 heteroatoms. The largest absolute Gasteiger partial charge is 0.491 e. The van der Waals surface area contributed by atoms with E-state index in [9.17, 15) is 9.59 Å². The van der Waals surface area contributed by atoms with Crippen molar-refractivity contribution in [3.63, 3.8) is 0 Å². The molecule has 0 saturated carbocycles. The summed E-state index contributed by atoms with van der Waals surface area (Å²) in [5.74, 6) is 0.944. The Morgan fingerprint density at radius 2 is 0.804 bits per heavy atom. The number of methoxy groups -OCH3 is 2. The van der Waals surface area contributed by atoms with E-state index in [1.54, 1.807) is 36.4 Å². The van der Waals surface area contributed by atoms with Crippen molar-refractivity contribution in [3.8, 4) is 23.0 Å². The topological polar surface area (TPSA) is 108 Å². The van der Waals surface area contributed by atoms with Crippen molar-refractivity contribution < 1.29 is 47.5 Å². The number of hydrogen-bond acceptors (Lipinski definition) is 10. The van der Waals surface area contributed by atoms with Gasteiger partial charge in [0.2, 0.25) is 0 Å². The van der Waals surface area contributed by atoms with Gasteiger partial charge in [-0.2, -0.15) is 0 Å². The second-order valence-electron chi connectivity index (χ2n) is 9.84. The second-order valence-corrected chi connectivity index (χ2v) is 9.84. The van der Waals surface area contributed by atoms with Crippen LogP contribution in [0.3, 0.4) is 0 Å². The van der Waals surface area contributed by atoms with Gasteiger partial charge in [-0.05, 0) is 35.4 Å². The summed E-state index contributed by atoms with van der Waals surface area (Å²) in [7, 11) is 2.65. The molecular weight excluding hydrogens is 592 g/mol. The molecule has 46 heavy (non-hydrogen) atoms. The van der Waals surface area contributed by atoms with Gasteiger partial charge >= 0.3 is 11.9 Å². The van der Waals surface area contributed by atoms with E-state index in [0.29, 0.717) is 73.8 Å². The summed E-state index contributed by atoms with van der Waals surface area (Å²) in [6.07, 6.45) is 0. The molecule has 0 aliphatic rings. The normalized spacial score (nSPS) is 10.6. The molecule has 10 nitrogen and oxygen atoms in total. The Kier molecular flexibility index (Phi) is 13.7. The average molecular weight is 631 g/mol. The lowest BCUT2D eigenvalue weighted by molar-refractivity contribution is 0.0273. The Balaban J connectivity index is 1.14. The molecule has 0 radical (unpaired) electrons. The van der Waals surface area contributed by atoms with E-state index in [4.69, 9.17) is 37.9 Å². The number of benzene rings is 4. The van der Waals surface area contributed by atoms with Crippen LogP contribution >= 0.6 is 0 Å². The highest BCUT2D eigenvalue weighted by molar-refractivity contribution is 5.90. The van der Waals surface area contributed by atoms with Crippen molar-refractivity contribution in [1.29, 1.82) is 0 Å². The van der Waals surface area contributed by atoms with Gasteiger partial charge in [0.25, 0.3) is 0 Å². The maximum atomic E-state index is 12.1. The summed E-state index contributed by atoms with van der Waals surface area (Å²) in [4.78, 5) is 24.3. The van der Waals surface area contributed by atoms with Crippen LogP contribution in [0, 0.1) is 0 Å². The van der Waals surface area contributed by atoms with Crippen LogP contribution in [0.5, 0.6) is 23.0 Å². The predicted molar refractivity (Wildman–Crippen MR) is 170 cm³/mol. The van der Waals surface area contributed by atoms with E-state index in [1.165, 1.54) is 14.2 Å². The minimum absolute atomic E-state index is 0.261. The van der Waals surface area contributed by atoms with Gasteiger partial charge < -0.3 is 37.9 Å². The maximum Gasteiger partial charge on any atom is 0.338 e. The third kappa shape index (κ3) is 11.5. The summed E-state index contributed by atoms with van der Waals surface area (Å²) in [5.41, 5.74) is 2.66. The number of hydrogen-bond donors (Lipinski definition) is 0. The summed E-state index contributed by atoms with van der Waals surface area (Å²) < 4.78 is 44.3. The molecule has 242 valence electrons. The summed E-state index contributed by atoms with van der Waals surface area (Å²) in [6, 6.07) is 29.3. The Morgan fingerprint density at radius 1 is 0.457 bits per heavy atom. The van der Waals surface area contributed by atoms with Crippen LogP contribution in [-0.4, -0.2) is 65.8 Å². The fourth-order valence-electron chi connectivity index (χ4n) is 4.19. The zero-order valence-electron chi connectivity index (χ0n) is 26.0. The van der Waals surface area contributed by atoms with Gasteiger partial charge in [0.05, 0.1) is 51.8 Å². The molecule has 0 saturated heterocycles. The Labute approximate surface area is 268 Å². The van der Waals surface area contributed by atoms with Crippen molar-refractivity contribution in [3.05, 3.63) is 119 Å². The zero-order chi connectivity index (χ0) is 32.4. The fourth-order valence-corrected chi connectivity index (χ4v) is 4.19. The Hall–Kier alpha value is -5.06. The highest BCUT2D eigenvalue weighted by Crippen LogP contribution is 2.26. The van der Waals surface area contributed by atoms with Gasteiger partial charge in [-0.25, -0.2) is 9.59 Å². The predicted octanol–water partition coefficient (Wildman–Crippen LogP) is 5.91. The molecule has 4 aromatic rings. The average Bonchev–Trinajstić information content (AvgIpc) is 3.10. The first-order valence-electron chi connectivity index (χ1n) is 14.8. The molecule has 0 aliphatic heterocycles. The first-order valence-corrected chi connectivity index (χ1v) is 14.8.